The van der Waals surface area contributed by atoms with Crippen LogP contribution in [0.2, 0.25) is 0 Å². The molecule has 1 heterocycles. The predicted molar refractivity (Wildman–Crippen MR) is 80.0 cm³/mol. The third-order valence-corrected chi connectivity index (χ3v) is 4.24. The minimum Gasteiger partial charge on any atom is -0.298 e. The van der Waals surface area contributed by atoms with E-state index < -0.39 is 0 Å². The first-order valence-electron chi connectivity index (χ1n) is 7.24. The second-order valence-electron chi connectivity index (χ2n) is 5.82. The van der Waals surface area contributed by atoms with Crippen LogP contribution in [0.5, 0.6) is 0 Å². The Hall–Kier alpha value is -1.67. The van der Waals surface area contributed by atoms with Crippen molar-refractivity contribution in [2.45, 2.75) is 19.4 Å². The highest BCUT2D eigenvalue weighted by Gasteiger charge is 2.30. The fourth-order valence-electron chi connectivity index (χ4n) is 3.18. The van der Waals surface area contributed by atoms with E-state index in [-0.39, 0.29) is 5.82 Å². The summed E-state index contributed by atoms with van der Waals surface area (Å²) < 4.78 is 12.9. The van der Waals surface area contributed by atoms with Crippen molar-refractivity contribution in [3.63, 3.8) is 0 Å². The summed E-state index contributed by atoms with van der Waals surface area (Å²) >= 11 is 0. The molecule has 1 aliphatic rings. The molecule has 2 atom stereocenters. The van der Waals surface area contributed by atoms with Gasteiger partial charge in [0.2, 0.25) is 0 Å². The average Bonchev–Trinajstić information content (AvgIpc) is 2.83. The number of likely N-dealkylation sites (tertiary alicyclic amines) is 1. The second kappa shape index (κ2) is 5.76. The number of rotatable bonds is 3. The highest BCUT2D eigenvalue weighted by Crippen LogP contribution is 2.32. The Kier molecular flexibility index (Phi) is 3.83. The first-order valence-corrected chi connectivity index (χ1v) is 7.24. The van der Waals surface area contributed by atoms with Gasteiger partial charge in [0, 0.05) is 25.6 Å². The van der Waals surface area contributed by atoms with Gasteiger partial charge in [-0.15, -0.1) is 0 Å². The van der Waals surface area contributed by atoms with Gasteiger partial charge in [0.1, 0.15) is 5.82 Å². The lowest BCUT2D eigenvalue weighted by molar-refractivity contribution is 0.318. The first kappa shape index (κ1) is 13.3. The van der Waals surface area contributed by atoms with Gasteiger partial charge < -0.3 is 0 Å². The van der Waals surface area contributed by atoms with E-state index in [0.29, 0.717) is 11.8 Å². The van der Waals surface area contributed by atoms with Crippen LogP contribution in [0.15, 0.2) is 54.6 Å². The fraction of sp³-hybridized carbons (Fsp3) is 0.333. The summed E-state index contributed by atoms with van der Waals surface area (Å²) in [4.78, 5) is 2.47. The summed E-state index contributed by atoms with van der Waals surface area (Å²) in [6, 6.07) is 17.6. The van der Waals surface area contributed by atoms with E-state index in [9.17, 15) is 4.39 Å². The van der Waals surface area contributed by atoms with Crippen molar-refractivity contribution in [2.75, 3.05) is 13.1 Å². The molecule has 0 amide bonds. The zero-order valence-electron chi connectivity index (χ0n) is 11.8. The van der Waals surface area contributed by atoms with Gasteiger partial charge in [-0.05, 0) is 29.2 Å². The van der Waals surface area contributed by atoms with Crippen LogP contribution in [0.25, 0.3) is 0 Å². The monoisotopic (exact) mass is 269 g/mol. The molecule has 0 N–H and O–H groups in total. The molecular formula is C18H20FN. The van der Waals surface area contributed by atoms with Gasteiger partial charge >= 0.3 is 0 Å². The number of hydrogen-bond acceptors (Lipinski definition) is 1. The Morgan fingerprint density at radius 2 is 1.70 bits per heavy atom. The smallest absolute Gasteiger partial charge is 0.123 e. The van der Waals surface area contributed by atoms with Crippen molar-refractivity contribution in [2.24, 2.45) is 5.92 Å². The summed E-state index contributed by atoms with van der Waals surface area (Å²) in [6.45, 7) is 5.43. The van der Waals surface area contributed by atoms with E-state index in [1.807, 2.05) is 12.1 Å². The quantitative estimate of drug-likeness (QED) is 0.812. The molecule has 2 aromatic rings. The predicted octanol–water partition coefficient (Wildman–Crippen LogP) is 4.06. The summed E-state index contributed by atoms with van der Waals surface area (Å²) in [7, 11) is 0. The molecule has 0 saturated carbocycles. The van der Waals surface area contributed by atoms with E-state index in [0.717, 1.165) is 19.6 Å². The van der Waals surface area contributed by atoms with Crippen molar-refractivity contribution in [3.8, 4) is 0 Å². The molecule has 0 aromatic heterocycles. The largest absolute Gasteiger partial charge is 0.298 e. The molecule has 20 heavy (non-hydrogen) atoms. The number of benzene rings is 2. The Morgan fingerprint density at radius 1 is 1.00 bits per heavy atom. The van der Waals surface area contributed by atoms with E-state index in [1.165, 1.54) is 11.1 Å². The van der Waals surface area contributed by atoms with Crippen molar-refractivity contribution in [3.05, 3.63) is 71.5 Å². The van der Waals surface area contributed by atoms with Gasteiger partial charge in [0.15, 0.2) is 0 Å². The van der Waals surface area contributed by atoms with Crippen LogP contribution in [0, 0.1) is 11.7 Å². The standard InChI is InChI=1S/C18H20FN/c1-14-11-20(12-15-7-9-17(19)10-8-15)13-18(14)16-5-3-2-4-6-16/h2-10,14,18H,11-13H2,1H3/t14-,18-/m0/s1. The molecule has 1 fully saturated rings. The minimum absolute atomic E-state index is 0.161. The van der Waals surface area contributed by atoms with Crippen LogP contribution >= 0.6 is 0 Å². The Morgan fingerprint density at radius 3 is 2.40 bits per heavy atom. The second-order valence-corrected chi connectivity index (χ2v) is 5.82. The lowest BCUT2D eigenvalue weighted by atomic mass is 9.90. The van der Waals surface area contributed by atoms with Crippen LogP contribution in [0.3, 0.4) is 0 Å². The maximum absolute atomic E-state index is 12.9. The summed E-state index contributed by atoms with van der Waals surface area (Å²) in [5.41, 5.74) is 2.62. The fourth-order valence-corrected chi connectivity index (χ4v) is 3.18. The van der Waals surface area contributed by atoms with E-state index in [1.54, 1.807) is 12.1 Å². The van der Waals surface area contributed by atoms with E-state index in [4.69, 9.17) is 0 Å². The van der Waals surface area contributed by atoms with Gasteiger partial charge in [-0.1, -0.05) is 49.4 Å². The molecular weight excluding hydrogens is 249 g/mol. The Bertz CT molecular complexity index is 549. The van der Waals surface area contributed by atoms with E-state index >= 15 is 0 Å². The zero-order valence-corrected chi connectivity index (χ0v) is 11.8. The Balaban J connectivity index is 1.68. The molecule has 0 radical (unpaired) electrons. The van der Waals surface area contributed by atoms with E-state index in [2.05, 4.69) is 42.2 Å². The SMILES string of the molecule is C[C@H]1CN(Cc2ccc(F)cc2)C[C@@H]1c1ccccc1. The molecule has 2 aromatic carbocycles. The van der Waals surface area contributed by atoms with Gasteiger partial charge in [-0.2, -0.15) is 0 Å². The van der Waals surface area contributed by atoms with Crippen LogP contribution in [0.4, 0.5) is 4.39 Å². The van der Waals surface area contributed by atoms with Crippen molar-refractivity contribution >= 4 is 0 Å². The molecule has 2 heteroatoms. The molecule has 0 spiro atoms. The highest BCUT2D eigenvalue weighted by molar-refractivity contribution is 5.23. The average molecular weight is 269 g/mol. The number of nitrogens with zero attached hydrogens (tertiary/aromatic N) is 1. The zero-order chi connectivity index (χ0) is 13.9. The molecule has 104 valence electrons. The lowest BCUT2D eigenvalue weighted by Gasteiger charge is -2.16. The van der Waals surface area contributed by atoms with Gasteiger partial charge in [-0.25, -0.2) is 4.39 Å². The van der Waals surface area contributed by atoms with Gasteiger partial charge in [0.25, 0.3) is 0 Å². The molecule has 0 bridgehead atoms. The molecule has 0 unspecified atom stereocenters. The van der Waals surface area contributed by atoms with Crippen LogP contribution in [-0.4, -0.2) is 18.0 Å². The number of halogens is 1. The molecule has 0 aliphatic carbocycles. The van der Waals surface area contributed by atoms with Crippen molar-refractivity contribution < 1.29 is 4.39 Å². The van der Waals surface area contributed by atoms with Crippen molar-refractivity contribution in [1.29, 1.82) is 0 Å². The summed E-state index contributed by atoms with van der Waals surface area (Å²) in [6.07, 6.45) is 0. The van der Waals surface area contributed by atoms with Crippen LogP contribution in [0.1, 0.15) is 24.0 Å². The highest BCUT2D eigenvalue weighted by atomic mass is 19.1. The lowest BCUT2D eigenvalue weighted by Crippen LogP contribution is -2.20. The summed E-state index contributed by atoms with van der Waals surface area (Å²) in [5, 5.41) is 0. The minimum atomic E-state index is -0.161. The maximum Gasteiger partial charge on any atom is 0.123 e. The normalized spacial score (nSPS) is 23.1. The molecule has 1 aliphatic heterocycles. The van der Waals surface area contributed by atoms with Crippen LogP contribution in [-0.2, 0) is 6.54 Å². The first-order chi connectivity index (χ1) is 9.72. The molecule has 1 nitrogen and oxygen atoms in total. The molecule has 3 rings (SSSR count). The number of hydrogen-bond donors (Lipinski definition) is 0. The van der Waals surface area contributed by atoms with Gasteiger partial charge in [-0.3, -0.25) is 4.90 Å². The maximum atomic E-state index is 12.9. The third kappa shape index (κ3) is 2.91. The van der Waals surface area contributed by atoms with Gasteiger partial charge in [0.05, 0.1) is 0 Å². The third-order valence-electron chi connectivity index (χ3n) is 4.24. The molecule has 1 saturated heterocycles. The topological polar surface area (TPSA) is 3.24 Å². The summed E-state index contributed by atoms with van der Waals surface area (Å²) in [5.74, 6) is 1.11. The van der Waals surface area contributed by atoms with Crippen LogP contribution < -0.4 is 0 Å². The Labute approximate surface area is 120 Å². The van der Waals surface area contributed by atoms with Crippen molar-refractivity contribution in [1.82, 2.24) is 4.90 Å².